The molecule has 0 saturated heterocycles. The standard InChI is InChI=1S/C21H25NO5/c1-4-25-9-5-8-22-20(23)7-6-15-14(3)17-10-16-13(2)12-26-18(16)11-19(17)27-21(15)24/h10-12H,4-9H2,1-3H3,(H,22,23). The Kier molecular flexibility index (Phi) is 5.96. The summed E-state index contributed by atoms with van der Waals surface area (Å²) in [4.78, 5) is 24.4. The van der Waals surface area contributed by atoms with Gasteiger partial charge in [0.2, 0.25) is 5.91 Å². The fraction of sp³-hybridized carbons (Fsp3) is 0.429. The van der Waals surface area contributed by atoms with E-state index in [2.05, 4.69) is 5.32 Å². The van der Waals surface area contributed by atoms with Crippen LogP contribution in [0.25, 0.3) is 21.9 Å². The third-order valence-corrected chi connectivity index (χ3v) is 4.77. The van der Waals surface area contributed by atoms with Crippen molar-refractivity contribution in [3.63, 3.8) is 0 Å². The zero-order valence-electron chi connectivity index (χ0n) is 16.0. The van der Waals surface area contributed by atoms with Crippen molar-refractivity contribution in [3.8, 4) is 0 Å². The molecule has 0 bridgehead atoms. The number of hydrogen-bond donors (Lipinski definition) is 1. The normalized spacial score (nSPS) is 11.4. The minimum atomic E-state index is -0.397. The molecule has 27 heavy (non-hydrogen) atoms. The molecule has 6 nitrogen and oxygen atoms in total. The summed E-state index contributed by atoms with van der Waals surface area (Å²) in [6.07, 6.45) is 3.06. The van der Waals surface area contributed by atoms with E-state index in [4.69, 9.17) is 13.6 Å². The SMILES string of the molecule is CCOCCCNC(=O)CCc1c(C)c2cc3c(C)coc3cc2oc1=O. The Hall–Kier alpha value is -2.60. The first-order valence-electron chi connectivity index (χ1n) is 9.29. The molecule has 0 unspecified atom stereocenters. The van der Waals surface area contributed by atoms with Gasteiger partial charge in [-0.15, -0.1) is 0 Å². The summed E-state index contributed by atoms with van der Waals surface area (Å²) in [5.41, 5.74) is 3.24. The van der Waals surface area contributed by atoms with Crippen molar-refractivity contribution >= 4 is 27.8 Å². The minimum absolute atomic E-state index is 0.0773. The van der Waals surface area contributed by atoms with Gasteiger partial charge in [0.05, 0.1) is 6.26 Å². The molecule has 0 aliphatic heterocycles. The quantitative estimate of drug-likeness (QED) is 0.483. The van der Waals surface area contributed by atoms with Crippen LogP contribution in [0.15, 0.2) is 32.0 Å². The Balaban J connectivity index is 1.74. The third-order valence-electron chi connectivity index (χ3n) is 4.77. The maximum Gasteiger partial charge on any atom is 0.339 e. The van der Waals surface area contributed by atoms with Gasteiger partial charge in [-0.2, -0.15) is 0 Å². The highest BCUT2D eigenvalue weighted by molar-refractivity contribution is 5.96. The average molecular weight is 371 g/mol. The van der Waals surface area contributed by atoms with Crippen LogP contribution in [-0.2, 0) is 16.0 Å². The van der Waals surface area contributed by atoms with Gasteiger partial charge in [0, 0.05) is 48.6 Å². The van der Waals surface area contributed by atoms with Crippen molar-refractivity contribution in [3.05, 3.63) is 45.5 Å². The molecule has 3 aromatic rings. The Morgan fingerprint density at radius 1 is 1.19 bits per heavy atom. The van der Waals surface area contributed by atoms with E-state index in [-0.39, 0.29) is 12.3 Å². The van der Waals surface area contributed by atoms with Crippen LogP contribution in [0.3, 0.4) is 0 Å². The highest BCUT2D eigenvalue weighted by Crippen LogP contribution is 2.28. The molecule has 0 saturated carbocycles. The molecule has 0 fully saturated rings. The molecule has 144 valence electrons. The number of fused-ring (bicyclic) bond motifs is 2. The molecule has 2 aromatic heterocycles. The van der Waals surface area contributed by atoms with Crippen molar-refractivity contribution in [1.82, 2.24) is 5.32 Å². The largest absolute Gasteiger partial charge is 0.464 e. The summed E-state index contributed by atoms with van der Waals surface area (Å²) in [6, 6.07) is 3.74. The van der Waals surface area contributed by atoms with E-state index >= 15 is 0 Å². The Bertz CT molecular complexity index is 1010. The lowest BCUT2D eigenvalue weighted by molar-refractivity contribution is -0.121. The van der Waals surface area contributed by atoms with Crippen molar-refractivity contribution in [2.75, 3.05) is 19.8 Å². The van der Waals surface area contributed by atoms with Gasteiger partial charge in [0.1, 0.15) is 11.2 Å². The van der Waals surface area contributed by atoms with Crippen LogP contribution in [-0.4, -0.2) is 25.7 Å². The van der Waals surface area contributed by atoms with Crippen LogP contribution < -0.4 is 10.9 Å². The second-order valence-corrected chi connectivity index (χ2v) is 6.66. The maximum atomic E-state index is 12.4. The highest BCUT2D eigenvalue weighted by atomic mass is 16.5. The number of carbonyl (C=O) groups is 1. The molecule has 0 aliphatic carbocycles. The fourth-order valence-electron chi connectivity index (χ4n) is 3.20. The molecule has 2 heterocycles. The predicted octanol–water partition coefficient (Wildman–Crippen LogP) is 3.63. The number of nitrogens with one attached hydrogen (secondary N) is 1. The highest BCUT2D eigenvalue weighted by Gasteiger charge is 2.15. The first kappa shape index (κ1) is 19.2. The second kappa shape index (κ2) is 8.39. The Labute approximate surface area is 157 Å². The number of amides is 1. The van der Waals surface area contributed by atoms with E-state index in [1.807, 2.05) is 26.8 Å². The number of carbonyl (C=O) groups excluding carboxylic acids is 1. The Morgan fingerprint density at radius 2 is 2.00 bits per heavy atom. The van der Waals surface area contributed by atoms with Crippen LogP contribution in [0.1, 0.15) is 36.5 Å². The van der Waals surface area contributed by atoms with Gasteiger partial charge in [0.15, 0.2) is 0 Å². The van der Waals surface area contributed by atoms with Gasteiger partial charge in [-0.3, -0.25) is 4.79 Å². The molecule has 1 N–H and O–H groups in total. The molecular formula is C21H25NO5. The lowest BCUT2D eigenvalue weighted by Crippen LogP contribution is -2.26. The topological polar surface area (TPSA) is 81.7 Å². The molecule has 0 radical (unpaired) electrons. The zero-order chi connectivity index (χ0) is 19.4. The summed E-state index contributed by atoms with van der Waals surface area (Å²) >= 11 is 0. The first-order chi connectivity index (χ1) is 13.0. The van der Waals surface area contributed by atoms with E-state index in [1.165, 1.54) is 0 Å². The van der Waals surface area contributed by atoms with Gasteiger partial charge in [-0.1, -0.05) is 0 Å². The van der Waals surface area contributed by atoms with E-state index in [0.717, 1.165) is 28.3 Å². The van der Waals surface area contributed by atoms with Crippen LogP contribution >= 0.6 is 0 Å². The number of ether oxygens (including phenoxy) is 1. The lowest BCUT2D eigenvalue weighted by Gasteiger charge is -2.09. The summed E-state index contributed by atoms with van der Waals surface area (Å²) in [6.45, 7) is 7.69. The summed E-state index contributed by atoms with van der Waals surface area (Å²) in [7, 11) is 0. The first-order valence-corrected chi connectivity index (χ1v) is 9.29. The molecule has 0 spiro atoms. The van der Waals surface area contributed by atoms with Crippen molar-refractivity contribution in [1.29, 1.82) is 0 Å². The van der Waals surface area contributed by atoms with Crippen molar-refractivity contribution < 1.29 is 18.4 Å². The number of hydrogen-bond acceptors (Lipinski definition) is 5. The van der Waals surface area contributed by atoms with E-state index < -0.39 is 5.63 Å². The number of aryl methyl sites for hydroxylation is 2. The van der Waals surface area contributed by atoms with E-state index in [9.17, 15) is 9.59 Å². The fourth-order valence-corrected chi connectivity index (χ4v) is 3.20. The monoisotopic (exact) mass is 371 g/mol. The van der Waals surface area contributed by atoms with Gasteiger partial charge in [0.25, 0.3) is 0 Å². The molecule has 1 aromatic carbocycles. The van der Waals surface area contributed by atoms with Crippen LogP contribution in [0.2, 0.25) is 0 Å². The average Bonchev–Trinajstić information content (AvgIpc) is 3.00. The molecule has 3 rings (SSSR count). The predicted molar refractivity (Wildman–Crippen MR) is 104 cm³/mol. The third kappa shape index (κ3) is 4.22. The number of furan rings is 1. The molecule has 1 amide bonds. The van der Waals surface area contributed by atoms with Crippen LogP contribution in [0.4, 0.5) is 0 Å². The van der Waals surface area contributed by atoms with Crippen molar-refractivity contribution in [2.24, 2.45) is 0 Å². The second-order valence-electron chi connectivity index (χ2n) is 6.66. The van der Waals surface area contributed by atoms with Gasteiger partial charge < -0.3 is 18.9 Å². The van der Waals surface area contributed by atoms with E-state index in [1.54, 1.807) is 12.3 Å². The van der Waals surface area contributed by atoms with Crippen molar-refractivity contribution in [2.45, 2.75) is 40.0 Å². The summed E-state index contributed by atoms with van der Waals surface area (Å²) < 4.78 is 16.2. The van der Waals surface area contributed by atoms with Crippen LogP contribution in [0, 0.1) is 13.8 Å². The summed E-state index contributed by atoms with van der Waals surface area (Å²) in [5, 5.41) is 4.72. The van der Waals surface area contributed by atoms with Gasteiger partial charge in [-0.25, -0.2) is 4.79 Å². The van der Waals surface area contributed by atoms with Gasteiger partial charge in [-0.05, 0) is 50.8 Å². The smallest absolute Gasteiger partial charge is 0.339 e. The molecule has 6 heteroatoms. The molecular weight excluding hydrogens is 346 g/mol. The minimum Gasteiger partial charge on any atom is -0.464 e. The number of benzene rings is 1. The molecule has 0 atom stereocenters. The Morgan fingerprint density at radius 3 is 2.78 bits per heavy atom. The van der Waals surface area contributed by atoms with Crippen LogP contribution in [0.5, 0.6) is 0 Å². The lowest BCUT2D eigenvalue weighted by atomic mass is 10.0. The number of rotatable bonds is 8. The zero-order valence-corrected chi connectivity index (χ0v) is 16.0. The van der Waals surface area contributed by atoms with Gasteiger partial charge >= 0.3 is 5.63 Å². The maximum absolute atomic E-state index is 12.4. The molecule has 0 aliphatic rings. The summed E-state index contributed by atoms with van der Waals surface area (Å²) in [5.74, 6) is -0.0773. The van der Waals surface area contributed by atoms with E-state index in [0.29, 0.717) is 42.9 Å².